The van der Waals surface area contributed by atoms with Crippen molar-refractivity contribution < 1.29 is 19.2 Å². The maximum Gasteiger partial charge on any atom is 0.338 e. The first kappa shape index (κ1) is 19.7. The van der Waals surface area contributed by atoms with Gasteiger partial charge in [-0.2, -0.15) is 0 Å². The molecule has 0 aliphatic carbocycles. The van der Waals surface area contributed by atoms with Gasteiger partial charge < -0.3 is 15.4 Å². The van der Waals surface area contributed by atoms with Crippen molar-refractivity contribution >= 4 is 29.3 Å². The third-order valence-electron chi connectivity index (χ3n) is 3.93. The van der Waals surface area contributed by atoms with Crippen LogP contribution in [0.3, 0.4) is 0 Å². The van der Waals surface area contributed by atoms with E-state index >= 15 is 0 Å². The molecule has 9 heteroatoms. The number of ether oxygens (including phenoxy) is 1. The Morgan fingerprint density at radius 1 is 1.38 bits per heavy atom. The Bertz CT molecular complexity index is 763. The van der Waals surface area contributed by atoms with Gasteiger partial charge in [0.05, 0.1) is 23.1 Å². The molecule has 1 aromatic rings. The van der Waals surface area contributed by atoms with Crippen LogP contribution >= 0.6 is 11.6 Å². The number of carbonyl (C=O) groups is 2. The number of nitrogens with one attached hydrogen (secondary N) is 2. The number of nitrogens with zero attached hydrogens (tertiary/aromatic N) is 1. The smallest absolute Gasteiger partial charge is 0.338 e. The fourth-order valence-corrected chi connectivity index (χ4v) is 2.90. The van der Waals surface area contributed by atoms with Gasteiger partial charge >= 0.3 is 12.0 Å². The van der Waals surface area contributed by atoms with Gasteiger partial charge in [-0.15, -0.1) is 0 Å². The third kappa shape index (κ3) is 4.32. The third-order valence-corrected chi connectivity index (χ3v) is 4.25. The van der Waals surface area contributed by atoms with E-state index in [0.29, 0.717) is 17.7 Å². The molecule has 2 rings (SSSR count). The van der Waals surface area contributed by atoms with E-state index < -0.39 is 23.0 Å². The minimum Gasteiger partial charge on any atom is -0.463 e. The van der Waals surface area contributed by atoms with E-state index in [4.69, 9.17) is 16.3 Å². The molecule has 0 aromatic heterocycles. The van der Waals surface area contributed by atoms with Crippen LogP contribution in [-0.4, -0.2) is 23.5 Å². The number of nitro groups is 1. The van der Waals surface area contributed by atoms with E-state index in [0.717, 1.165) is 12.8 Å². The van der Waals surface area contributed by atoms with Crippen molar-refractivity contribution in [2.24, 2.45) is 0 Å². The van der Waals surface area contributed by atoms with Crippen LogP contribution in [0.1, 0.15) is 44.7 Å². The Morgan fingerprint density at radius 2 is 2.12 bits per heavy atom. The van der Waals surface area contributed by atoms with E-state index in [-0.39, 0.29) is 22.9 Å². The normalized spacial score (nSPS) is 16.7. The van der Waals surface area contributed by atoms with Crippen LogP contribution in [0.4, 0.5) is 10.5 Å². The van der Waals surface area contributed by atoms with Gasteiger partial charge in [-0.05, 0) is 31.4 Å². The molecular weight excluding hydrogens is 362 g/mol. The molecule has 0 saturated carbocycles. The van der Waals surface area contributed by atoms with Crippen LogP contribution in [0.15, 0.2) is 29.5 Å². The number of unbranched alkanes of at least 4 members (excludes halogenated alkanes) is 1. The molecule has 0 radical (unpaired) electrons. The second kappa shape index (κ2) is 8.66. The summed E-state index contributed by atoms with van der Waals surface area (Å²) in [6.07, 6.45) is 2.14. The molecule has 0 bridgehead atoms. The SMILES string of the molecule is CCCCC1=C(C(=O)OCC)C(c2ccc(Cl)c([N+](=O)[O-])c2)NC(=O)N1. The lowest BCUT2D eigenvalue weighted by molar-refractivity contribution is -0.384. The van der Waals surface area contributed by atoms with Crippen LogP contribution in [0.5, 0.6) is 0 Å². The molecule has 1 aliphatic rings. The number of esters is 1. The fourth-order valence-electron chi connectivity index (χ4n) is 2.72. The van der Waals surface area contributed by atoms with Crippen molar-refractivity contribution in [1.29, 1.82) is 0 Å². The maximum atomic E-state index is 12.5. The largest absolute Gasteiger partial charge is 0.463 e. The van der Waals surface area contributed by atoms with Gasteiger partial charge in [-0.25, -0.2) is 9.59 Å². The molecule has 1 unspecified atom stereocenters. The monoisotopic (exact) mass is 381 g/mol. The quantitative estimate of drug-likeness (QED) is 0.426. The predicted molar refractivity (Wildman–Crippen MR) is 95.7 cm³/mol. The lowest BCUT2D eigenvalue weighted by Gasteiger charge is -2.29. The van der Waals surface area contributed by atoms with Gasteiger partial charge in [0.25, 0.3) is 5.69 Å². The van der Waals surface area contributed by atoms with E-state index in [9.17, 15) is 19.7 Å². The number of amides is 2. The number of nitro benzene ring substituents is 1. The molecule has 1 aromatic carbocycles. The van der Waals surface area contributed by atoms with Gasteiger partial charge in [-0.1, -0.05) is 31.0 Å². The van der Waals surface area contributed by atoms with Gasteiger partial charge in [0.2, 0.25) is 0 Å². The summed E-state index contributed by atoms with van der Waals surface area (Å²) in [7, 11) is 0. The molecule has 0 fully saturated rings. The molecule has 1 atom stereocenters. The highest BCUT2D eigenvalue weighted by atomic mass is 35.5. The maximum absolute atomic E-state index is 12.5. The number of rotatable bonds is 7. The molecule has 0 saturated heterocycles. The Balaban J connectivity index is 2.55. The summed E-state index contributed by atoms with van der Waals surface area (Å²) < 4.78 is 5.13. The molecule has 140 valence electrons. The van der Waals surface area contributed by atoms with Gasteiger partial charge in [-0.3, -0.25) is 10.1 Å². The first-order valence-electron chi connectivity index (χ1n) is 8.30. The summed E-state index contributed by atoms with van der Waals surface area (Å²) in [5.74, 6) is -0.575. The zero-order valence-electron chi connectivity index (χ0n) is 14.5. The molecular formula is C17H20ClN3O5. The van der Waals surface area contributed by atoms with Gasteiger partial charge in [0.15, 0.2) is 0 Å². The minimum atomic E-state index is -0.856. The van der Waals surface area contributed by atoms with Crippen molar-refractivity contribution in [3.8, 4) is 0 Å². The second-order valence-corrected chi connectivity index (χ2v) is 6.12. The van der Waals surface area contributed by atoms with Crippen molar-refractivity contribution in [3.05, 3.63) is 50.2 Å². The van der Waals surface area contributed by atoms with Gasteiger partial charge in [0, 0.05) is 11.8 Å². The number of allylic oxidation sites excluding steroid dienone is 1. The van der Waals surface area contributed by atoms with Crippen molar-refractivity contribution in [3.63, 3.8) is 0 Å². The summed E-state index contributed by atoms with van der Waals surface area (Å²) in [4.78, 5) is 35.1. The number of halogens is 1. The predicted octanol–water partition coefficient (Wildman–Crippen LogP) is 3.61. The molecule has 1 aliphatic heterocycles. The fraction of sp³-hybridized carbons (Fsp3) is 0.412. The Hall–Kier alpha value is -2.61. The van der Waals surface area contributed by atoms with Crippen molar-refractivity contribution in [2.75, 3.05) is 6.61 Å². The minimum absolute atomic E-state index is 0.0214. The Kier molecular flexibility index (Phi) is 6.57. The number of hydrogen-bond donors (Lipinski definition) is 2. The molecule has 1 heterocycles. The number of carbonyl (C=O) groups excluding carboxylic acids is 2. The lowest BCUT2D eigenvalue weighted by atomic mass is 9.93. The van der Waals surface area contributed by atoms with Crippen LogP contribution in [0.25, 0.3) is 0 Å². The molecule has 2 N–H and O–H groups in total. The molecule has 2 amide bonds. The summed E-state index contributed by atoms with van der Waals surface area (Å²) in [5.41, 5.74) is 0.802. The average Bonchev–Trinajstić information content (AvgIpc) is 2.59. The molecule has 26 heavy (non-hydrogen) atoms. The lowest BCUT2D eigenvalue weighted by Crippen LogP contribution is -2.46. The molecule has 8 nitrogen and oxygen atoms in total. The summed E-state index contributed by atoms with van der Waals surface area (Å²) in [5, 5.41) is 16.4. The second-order valence-electron chi connectivity index (χ2n) is 5.72. The number of hydrogen-bond acceptors (Lipinski definition) is 5. The van der Waals surface area contributed by atoms with Crippen molar-refractivity contribution in [1.82, 2.24) is 10.6 Å². The standard InChI is InChI=1S/C17H20ClN3O5/c1-3-5-6-12-14(16(22)26-4-2)15(20-17(23)19-12)10-7-8-11(18)13(9-10)21(24)25/h7-9,15H,3-6H2,1-2H3,(H2,19,20,23). The zero-order valence-corrected chi connectivity index (χ0v) is 15.3. The van der Waals surface area contributed by atoms with Crippen LogP contribution in [-0.2, 0) is 9.53 Å². The zero-order chi connectivity index (χ0) is 19.3. The summed E-state index contributed by atoms with van der Waals surface area (Å²) in [6.45, 7) is 3.85. The Labute approximate surface area is 155 Å². The highest BCUT2D eigenvalue weighted by molar-refractivity contribution is 6.32. The van der Waals surface area contributed by atoms with Crippen LogP contribution in [0.2, 0.25) is 5.02 Å². The van der Waals surface area contributed by atoms with Crippen molar-refractivity contribution in [2.45, 2.75) is 39.2 Å². The van der Waals surface area contributed by atoms with E-state index in [1.165, 1.54) is 12.1 Å². The van der Waals surface area contributed by atoms with E-state index in [1.54, 1.807) is 13.0 Å². The number of benzene rings is 1. The molecule has 0 spiro atoms. The first-order valence-corrected chi connectivity index (χ1v) is 8.68. The topological polar surface area (TPSA) is 111 Å². The first-order chi connectivity index (χ1) is 12.4. The highest BCUT2D eigenvalue weighted by Gasteiger charge is 2.34. The Morgan fingerprint density at radius 3 is 2.73 bits per heavy atom. The van der Waals surface area contributed by atoms with E-state index in [2.05, 4.69) is 10.6 Å². The average molecular weight is 382 g/mol. The van der Waals surface area contributed by atoms with Gasteiger partial charge in [0.1, 0.15) is 5.02 Å². The van der Waals surface area contributed by atoms with Crippen LogP contribution < -0.4 is 10.6 Å². The summed E-state index contributed by atoms with van der Waals surface area (Å²) >= 11 is 5.86. The van der Waals surface area contributed by atoms with Crippen LogP contribution in [0, 0.1) is 10.1 Å². The van der Waals surface area contributed by atoms with E-state index in [1.807, 2.05) is 6.92 Å². The summed E-state index contributed by atoms with van der Waals surface area (Å²) in [6, 6.07) is 2.84. The number of urea groups is 1. The highest BCUT2D eigenvalue weighted by Crippen LogP contribution is 2.34.